The summed E-state index contributed by atoms with van der Waals surface area (Å²) in [4.78, 5) is 49.6. The first kappa shape index (κ1) is 26.1. The SMILES string of the molecule is CO[C@]12C(=O)N(C)C(=O)[N@+](C)(OC)[C@@H]1N=C(C=Cc1ccc(OC=CCCNC(C)=O)cc1)N2C. The third-order valence-corrected chi connectivity index (χ3v) is 6.17. The first-order valence-corrected chi connectivity index (χ1v) is 11.1. The van der Waals surface area contributed by atoms with E-state index in [-0.39, 0.29) is 5.91 Å². The van der Waals surface area contributed by atoms with Crippen molar-refractivity contribution in [2.75, 3.05) is 41.9 Å². The highest BCUT2D eigenvalue weighted by atomic mass is 16.7. The van der Waals surface area contributed by atoms with Gasteiger partial charge in [0.25, 0.3) is 12.1 Å². The van der Waals surface area contributed by atoms with Crippen LogP contribution in [0.15, 0.2) is 47.7 Å². The first-order valence-electron chi connectivity index (χ1n) is 11.1. The standard InChI is InChI=1S/C24H31N5O6/c1-17(30)25-15-7-8-16-35-19-12-9-18(10-13-19)11-14-20-26-21-24(33-5,28(20)3)22(31)27(2)23(32)29(21,4)34-6/h8-14,16,21H,7,15H2,1-6H3/p+1/t21-,24-,29+/m0/s1. The molecule has 2 aliphatic rings. The van der Waals surface area contributed by atoms with E-state index in [4.69, 9.17) is 14.3 Å². The summed E-state index contributed by atoms with van der Waals surface area (Å²) >= 11 is 0. The molecule has 35 heavy (non-hydrogen) atoms. The van der Waals surface area contributed by atoms with Crippen molar-refractivity contribution < 1.29 is 33.3 Å². The number of hydrogen-bond acceptors (Lipinski definition) is 8. The Morgan fingerprint density at radius 3 is 2.49 bits per heavy atom. The van der Waals surface area contributed by atoms with Crippen LogP contribution in [0.2, 0.25) is 0 Å². The Bertz CT molecular complexity index is 1070. The fourth-order valence-electron chi connectivity index (χ4n) is 4.09. The van der Waals surface area contributed by atoms with Crippen molar-refractivity contribution in [1.82, 2.24) is 15.1 Å². The number of aliphatic imine (C=N–C) groups is 1. The third kappa shape index (κ3) is 4.70. The maximum absolute atomic E-state index is 13.2. The van der Waals surface area contributed by atoms with E-state index in [1.54, 1.807) is 31.3 Å². The monoisotopic (exact) mass is 486 g/mol. The van der Waals surface area contributed by atoms with Crippen LogP contribution in [0.5, 0.6) is 5.75 Å². The molecule has 1 N–H and O–H groups in total. The molecular formula is C24H32N5O6+. The van der Waals surface area contributed by atoms with Gasteiger partial charge in [-0.15, -0.1) is 0 Å². The Hall–Kier alpha value is -3.54. The number of imide groups is 1. The normalized spacial score (nSPS) is 26.5. The van der Waals surface area contributed by atoms with E-state index in [1.807, 2.05) is 36.4 Å². The van der Waals surface area contributed by atoms with Crippen LogP contribution in [0.1, 0.15) is 18.9 Å². The van der Waals surface area contributed by atoms with Gasteiger partial charge in [-0.05, 0) is 36.3 Å². The van der Waals surface area contributed by atoms with E-state index in [1.165, 1.54) is 28.2 Å². The quantitative estimate of drug-likeness (QED) is 0.322. The van der Waals surface area contributed by atoms with Gasteiger partial charge in [0.1, 0.15) is 18.6 Å². The van der Waals surface area contributed by atoms with Crippen molar-refractivity contribution in [3.63, 3.8) is 0 Å². The van der Waals surface area contributed by atoms with E-state index < -0.39 is 28.5 Å². The first-order chi connectivity index (χ1) is 16.6. The average Bonchev–Trinajstić information content (AvgIpc) is 3.15. The van der Waals surface area contributed by atoms with E-state index in [0.29, 0.717) is 24.6 Å². The van der Waals surface area contributed by atoms with Gasteiger partial charge >= 0.3 is 11.8 Å². The van der Waals surface area contributed by atoms with Crippen molar-refractivity contribution in [3.8, 4) is 5.75 Å². The number of fused-ring (bicyclic) bond motifs is 1. The summed E-state index contributed by atoms with van der Waals surface area (Å²) in [6.07, 6.45) is 6.75. The van der Waals surface area contributed by atoms with Crippen LogP contribution in [0.4, 0.5) is 4.79 Å². The highest BCUT2D eigenvalue weighted by Gasteiger charge is 2.72. The molecule has 1 saturated heterocycles. The largest absolute Gasteiger partial charge is 0.465 e. The van der Waals surface area contributed by atoms with Crippen LogP contribution >= 0.6 is 0 Å². The number of urea groups is 1. The van der Waals surface area contributed by atoms with Crippen molar-refractivity contribution in [2.24, 2.45) is 4.99 Å². The van der Waals surface area contributed by atoms with Crippen molar-refractivity contribution in [3.05, 3.63) is 48.2 Å². The van der Waals surface area contributed by atoms with Crippen LogP contribution in [0.25, 0.3) is 6.08 Å². The molecule has 0 aliphatic carbocycles. The second kappa shape index (κ2) is 10.4. The third-order valence-electron chi connectivity index (χ3n) is 6.17. The van der Waals surface area contributed by atoms with E-state index in [9.17, 15) is 14.4 Å². The predicted molar refractivity (Wildman–Crippen MR) is 129 cm³/mol. The van der Waals surface area contributed by atoms with Gasteiger partial charge in [0, 0.05) is 34.7 Å². The molecule has 0 aromatic heterocycles. The number of amides is 4. The summed E-state index contributed by atoms with van der Waals surface area (Å²) < 4.78 is 10.7. The molecule has 2 aliphatic heterocycles. The number of amidine groups is 1. The van der Waals surface area contributed by atoms with Crippen LogP contribution < -0.4 is 10.1 Å². The zero-order valence-electron chi connectivity index (χ0n) is 20.8. The van der Waals surface area contributed by atoms with Gasteiger partial charge in [-0.2, -0.15) is 4.84 Å². The number of quaternary nitrogens is 1. The smallest absolute Gasteiger partial charge is 0.460 e. The molecule has 2 heterocycles. The lowest BCUT2D eigenvalue weighted by Gasteiger charge is -2.47. The minimum atomic E-state index is -1.52. The van der Waals surface area contributed by atoms with Crippen LogP contribution in [0, 0.1) is 0 Å². The fourth-order valence-corrected chi connectivity index (χ4v) is 4.09. The molecule has 0 radical (unpaired) electrons. The zero-order chi connectivity index (χ0) is 25.8. The molecule has 188 valence electrons. The summed E-state index contributed by atoms with van der Waals surface area (Å²) in [6.45, 7) is 2.03. The number of carbonyl (C=O) groups excluding carboxylic acids is 3. The number of ether oxygens (including phenoxy) is 2. The number of rotatable bonds is 9. The maximum Gasteiger partial charge on any atom is 0.460 e. The lowest BCUT2D eigenvalue weighted by Crippen LogP contribution is -2.78. The number of nitrogens with zero attached hydrogens (tertiary/aromatic N) is 4. The number of carbonyl (C=O) groups is 3. The van der Waals surface area contributed by atoms with Gasteiger partial charge in [0.15, 0.2) is 0 Å². The van der Waals surface area contributed by atoms with Gasteiger partial charge < -0.3 is 19.7 Å². The molecule has 1 fully saturated rings. The number of likely N-dealkylation sites (N-methyl/N-ethyl adjacent to an activating group) is 3. The minimum Gasteiger partial charge on any atom is -0.465 e. The van der Waals surface area contributed by atoms with Gasteiger partial charge in [-0.1, -0.05) is 22.9 Å². The van der Waals surface area contributed by atoms with Crippen molar-refractivity contribution >= 4 is 29.8 Å². The maximum atomic E-state index is 13.2. The summed E-state index contributed by atoms with van der Waals surface area (Å²) in [7, 11) is 7.47. The van der Waals surface area contributed by atoms with Crippen LogP contribution in [-0.2, 0) is 19.2 Å². The Labute approximate surface area is 204 Å². The Morgan fingerprint density at radius 1 is 1.20 bits per heavy atom. The number of nitrogens with one attached hydrogen (secondary N) is 1. The minimum absolute atomic E-state index is 0.0620. The molecule has 0 bridgehead atoms. The Balaban J connectivity index is 1.73. The molecule has 11 nitrogen and oxygen atoms in total. The van der Waals surface area contributed by atoms with E-state index in [0.717, 1.165) is 10.5 Å². The lowest BCUT2D eigenvalue weighted by molar-refractivity contribution is -1.05. The van der Waals surface area contributed by atoms with Crippen molar-refractivity contribution in [1.29, 1.82) is 0 Å². The number of benzene rings is 1. The summed E-state index contributed by atoms with van der Waals surface area (Å²) in [5.41, 5.74) is -0.634. The predicted octanol–water partition coefficient (Wildman–Crippen LogP) is 1.73. The molecule has 0 spiro atoms. The van der Waals surface area contributed by atoms with Crippen molar-refractivity contribution in [2.45, 2.75) is 25.2 Å². The Morgan fingerprint density at radius 2 is 1.89 bits per heavy atom. The Kier molecular flexibility index (Phi) is 7.73. The second-order valence-corrected chi connectivity index (χ2v) is 8.30. The lowest BCUT2D eigenvalue weighted by atomic mass is 10.0. The zero-order valence-corrected chi connectivity index (χ0v) is 20.8. The summed E-state index contributed by atoms with van der Waals surface area (Å²) in [5, 5.41) is 2.71. The molecule has 11 heteroatoms. The number of hydroxylamine groups is 3. The van der Waals surface area contributed by atoms with Gasteiger partial charge in [0.2, 0.25) is 5.91 Å². The number of hydrogen-bond donors (Lipinski definition) is 1. The van der Waals surface area contributed by atoms with Gasteiger partial charge in [0.05, 0.1) is 13.4 Å². The van der Waals surface area contributed by atoms with Gasteiger partial charge in [-0.3, -0.25) is 9.59 Å². The summed E-state index contributed by atoms with van der Waals surface area (Å²) in [5.74, 6) is 0.562. The fraction of sp³-hybridized carbons (Fsp3) is 0.417. The topological polar surface area (TPSA) is 110 Å². The molecular weight excluding hydrogens is 454 g/mol. The highest BCUT2D eigenvalue weighted by Crippen LogP contribution is 2.41. The second-order valence-electron chi connectivity index (χ2n) is 8.30. The van der Waals surface area contributed by atoms with Crippen LogP contribution in [-0.4, -0.2) is 91.9 Å². The molecule has 1 aromatic rings. The molecule has 0 saturated carbocycles. The molecule has 1 aromatic carbocycles. The average molecular weight is 487 g/mol. The highest BCUT2D eigenvalue weighted by molar-refractivity contribution is 6.06. The number of methoxy groups -OCH3 is 1. The molecule has 3 atom stereocenters. The van der Waals surface area contributed by atoms with E-state index in [2.05, 4.69) is 10.3 Å². The van der Waals surface area contributed by atoms with Crippen LogP contribution in [0.3, 0.4) is 0 Å². The van der Waals surface area contributed by atoms with E-state index >= 15 is 0 Å². The molecule has 4 amide bonds. The molecule has 3 rings (SSSR count). The van der Waals surface area contributed by atoms with Gasteiger partial charge in [-0.25, -0.2) is 14.7 Å². The molecule has 0 unspecified atom stereocenters. The summed E-state index contributed by atoms with van der Waals surface area (Å²) in [6, 6.07) is 6.87.